The van der Waals surface area contributed by atoms with Crippen molar-refractivity contribution < 1.29 is 28.6 Å². The van der Waals surface area contributed by atoms with E-state index in [-0.39, 0.29) is 31.1 Å². The van der Waals surface area contributed by atoms with Gasteiger partial charge in [0.2, 0.25) is 0 Å². The first-order chi connectivity index (χ1) is 33.5. The van der Waals surface area contributed by atoms with Crippen LogP contribution >= 0.6 is 0 Å². The molecule has 6 heteroatoms. The lowest BCUT2D eigenvalue weighted by Crippen LogP contribution is -2.30. The third-order valence-corrected chi connectivity index (χ3v) is 12.8. The zero-order chi connectivity index (χ0) is 49.3. The van der Waals surface area contributed by atoms with Gasteiger partial charge in [0.15, 0.2) is 6.10 Å². The van der Waals surface area contributed by atoms with Gasteiger partial charge in [0.05, 0.1) is 0 Å². The quantitative estimate of drug-likeness (QED) is 0.0262. The number of unbranched alkanes of at least 4 members (excludes halogenated alkanes) is 32. The van der Waals surface area contributed by atoms with Crippen LogP contribution in [0.2, 0.25) is 0 Å². The van der Waals surface area contributed by atoms with E-state index in [1.807, 2.05) is 0 Å². The van der Waals surface area contributed by atoms with Crippen molar-refractivity contribution in [2.75, 3.05) is 13.2 Å². The van der Waals surface area contributed by atoms with Crippen LogP contribution in [-0.2, 0) is 28.6 Å². The Morgan fingerprint density at radius 3 is 0.926 bits per heavy atom. The molecule has 0 fully saturated rings. The highest BCUT2D eigenvalue weighted by molar-refractivity contribution is 5.71. The van der Waals surface area contributed by atoms with E-state index >= 15 is 0 Å². The Morgan fingerprint density at radius 1 is 0.309 bits per heavy atom. The molecular formula is C62H110O6. The van der Waals surface area contributed by atoms with E-state index in [9.17, 15) is 14.4 Å². The lowest BCUT2D eigenvalue weighted by atomic mass is 10.0. The molecular weight excluding hydrogens is 841 g/mol. The first-order valence-corrected chi connectivity index (χ1v) is 29.3. The van der Waals surface area contributed by atoms with Gasteiger partial charge in [-0.3, -0.25) is 14.4 Å². The summed E-state index contributed by atoms with van der Waals surface area (Å²) in [6, 6.07) is 0. The Labute approximate surface area is 421 Å². The average Bonchev–Trinajstić information content (AvgIpc) is 3.34. The van der Waals surface area contributed by atoms with Crippen molar-refractivity contribution in [1.82, 2.24) is 0 Å². The zero-order valence-electron chi connectivity index (χ0n) is 45.1. The summed E-state index contributed by atoms with van der Waals surface area (Å²) in [6.45, 7) is 6.52. The minimum absolute atomic E-state index is 0.0796. The molecule has 0 rings (SSSR count). The second kappa shape index (κ2) is 56.7. The number of esters is 3. The third kappa shape index (κ3) is 54.1. The summed E-state index contributed by atoms with van der Waals surface area (Å²) < 4.78 is 16.9. The van der Waals surface area contributed by atoms with Gasteiger partial charge < -0.3 is 14.2 Å². The van der Waals surface area contributed by atoms with E-state index in [2.05, 4.69) is 81.5 Å². The standard InChI is InChI=1S/C62H110O6/c1-4-7-10-13-16-19-22-25-28-30-31-32-35-37-40-43-46-49-52-55-61(64)67-58-59(57-66-60(63)54-51-48-45-42-39-36-33-27-24-21-18-15-12-9-6-3)68-62(65)56-53-50-47-44-41-38-34-29-26-23-20-17-14-11-8-5-2/h9,12,16,18-19,21,25,27-28,33,59H,4-8,10-11,13-15,17,20,22-24,26,29-32,34-58H2,1-3H3/b12-9-,19-16-,21-18-,28-25-,33-27-. The molecule has 6 nitrogen and oxygen atoms in total. The summed E-state index contributed by atoms with van der Waals surface area (Å²) in [6.07, 6.45) is 70.6. The van der Waals surface area contributed by atoms with Crippen LogP contribution in [0.1, 0.15) is 297 Å². The van der Waals surface area contributed by atoms with Crippen LogP contribution < -0.4 is 0 Å². The van der Waals surface area contributed by atoms with Crippen molar-refractivity contribution in [3.8, 4) is 0 Å². The highest BCUT2D eigenvalue weighted by Gasteiger charge is 2.19. The van der Waals surface area contributed by atoms with Crippen LogP contribution in [0.5, 0.6) is 0 Å². The van der Waals surface area contributed by atoms with Crippen LogP contribution in [0.4, 0.5) is 0 Å². The van der Waals surface area contributed by atoms with Crippen LogP contribution in [0.15, 0.2) is 60.8 Å². The van der Waals surface area contributed by atoms with Gasteiger partial charge in [0.1, 0.15) is 13.2 Å². The van der Waals surface area contributed by atoms with E-state index < -0.39 is 6.10 Å². The second-order valence-electron chi connectivity index (χ2n) is 19.5. The molecule has 0 heterocycles. The molecule has 0 radical (unpaired) electrons. The van der Waals surface area contributed by atoms with Crippen LogP contribution in [0.3, 0.4) is 0 Å². The van der Waals surface area contributed by atoms with Gasteiger partial charge in [-0.25, -0.2) is 0 Å². The minimum atomic E-state index is -0.781. The molecule has 0 aromatic heterocycles. The monoisotopic (exact) mass is 951 g/mol. The predicted molar refractivity (Wildman–Crippen MR) is 293 cm³/mol. The summed E-state index contributed by atoms with van der Waals surface area (Å²) in [5.74, 6) is -0.887. The number of allylic oxidation sites excluding steroid dienone is 10. The Hall–Kier alpha value is -2.89. The SMILES string of the molecule is CC/C=C\C/C=C\C/C=C\CCCCCCCC(=O)OCC(COC(=O)CCCCCCCCCCC/C=C\C/C=C\CCCCC)OC(=O)CCCCCCCCCCCCCCCCCC. The van der Waals surface area contributed by atoms with Crippen LogP contribution in [0.25, 0.3) is 0 Å². The summed E-state index contributed by atoms with van der Waals surface area (Å²) in [4.78, 5) is 38.2. The van der Waals surface area contributed by atoms with Gasteiger partial charge >= 0.3 is 17.9 Å². The van der Waals surface area contributed by atoms with Crippen LogP contribution in [0, 0.1) is 0 Å². The maximum absolute atomic E-state index is 12.9. The molecule has 0 saturated heterocycles. The number of ether oxygens (including phenoxy) is 3. The molecule has 0 N–H and O–H groups in total. The van der Waals surface area contributed by atoms with Crippen molar-refractivity contribution in [2.45, 2.75) is 303 Å². The molecule has 0 aromatic rings. The maximum atomic E-state index is 12.9. The fraction of sp³-hybridized carbons (Fsp3) is 0.790. The largest absolute Gasteiger partial charge is 0.462 e. The maximum Gasteiger partial charge on any atom is 0.306 e. The van der Waals surface area contributed by atoms with Gasteiger partial charge in [-0.1, -0.05) is 255 Å². The molecule has 0 amide bonds. The fourth-order valence-corrected chi connectivity index (χ4v) is 8.37. The number of hydrogen-bond donors (Lipinski definition) is 0. The van der Waals surface area contributed by atoms with E-state index in [0.29, 0.717) is 19.3 Å². The van der Waals surface area contributed by atoms with E-state index in [1.165, 1.54) is 154 Å². The van der Waals surface area contributed by atoms with Crippen molar-refractivity contribution in [3.63, 3.8) is 0 Å². The number of rotatable bonds is 53. The topological polar surface area (TPSA) is 78.9 Å². The molecule has 0 aromatic carbocycles. The fourth-order valence-electron chi connectivity index (χ4n) is 8.37. The minimum Gasteiger partial charge on any atom is -0.462 e. The van der Waals surface area contributed by atoms with Crippen molar-refractivity contribution in [1.29, 1.82) is 0 Å². The van der Waals surface area contributed by atoms with Gasteiger partial charge in [-0.2, -0.15) is 0 Å². The average molecular weight is 952 g/mol. The Bertz CT molecular complexity index is 1230. The molecule has 0 spiro atoms. The van der Waals surface area contributed by atoms with Gasteiger partial charge in [-0.15, -0.1) is 0 Å². The van der Waals surface area contributed by atoms with Gasteiger partial charge in [0.25, 0.3) is 0 Å². The number of carbonyl (C=O) groups excluding carboxylic acids is 3. The van der Waals surface area contributed by atoms with Crippen molar-refractivity contribution >= 4 is 17.9 Å². The van der Waals surface area contributed by atoms with Crippen molar-refractivity contribution in [2.24, 2.45) is 0 Å². The number of hydrogen-bond acceptors (Lipinski definition) is 6. The van der Waals surface area contributed by atoms with Gasteiger partial charge in [-0.05, 0) is 83.5 Å². The Kier molecular flexibility index (Phi) is 54.3. The lowest BCUT2D eigenvalue weighted by Gasteiger charge is -2.18. The molecule has 1 atom stereocenters. The summed E-state index contributed by atoms with van der Waals surface area (Å²) in [7, 11) is 0. The van der Waals surface area contributed by atoms with E-state index in [4.69, 9.17) is 14.2 Å². The summed E-state index contributed by atoms with van der Waals surface area (Å²) in [5, 5.41) is 0. The highest BCUT2D eigenvalue weighted by Crippen LogP contribution is 2.16. The first kappa shape index (κ1) is 65.1. The van der Waals surface area contributed by atoms with E-state index in [0.717, 1.165) is 103 Å². The highest BCUT2D eigenvalue weighted by atomic mass is 16.6. The molecule has 0 saturated carbocycles. The summed E-state index contributed by atoms with van der Waals surface area (Å²) in [5.41, 5.74) is 0. The lowest BCUT2D eigenvalue weighted by molar-refractivity contribution is -0.167. The Morgan fingerprint density at radius 2 is 0.574 bits per heavy atom. The molecule has 0 aliphatic rings. The van der Waals surface area contributed by atoms with Crippen molar-refractivity contribution in [3.05, 3.63) is 60.8 Å². The Balaban J connectivity index is 4.37. The molecule has 0 bridgehead atoms. The predicted octanol–water partition coefficient (Wildman–Crippen LogP) is 19.6. The molecule has 68 heavy (non-hydrogen) atoms. The van der Waals surface area contributed by atoms with Gasteiger partial charge in [0, 0.05) is 19.3 Å². The van der Waals surface area contributed by atoms with Crippen LogP contribution in [-0.4, -0.2) is 37.2 Å². The second-order valence-corrected chi connectivity index (χ2v) is 19.5. The third-order valence-electron chi connectivity index (χ3n) is 12.8. The molecule has 0 aliphatic carbocycles. The molecule has 0 aliphatic heterocycles. The normalized spacial score (nSPS) is 12.5. The molecule has 1 unspecified atom stereocenters. The zero-order valence-corrected chi connectivity index (χ0v) is 45.1. The smallest absolute Gasteiger partial charge is 0.306 e. The molecule has 394 valence electrons. The summed E-state index contributed by atoms with van der Waals surface area (Å²) >= 11 is 0. The van der Waals surface area contributed by atoms with E-state index in [1.54, 1.807) is 0 Å². The first-order valence-electron chi connectivity index (χ1n) is 29.3. The number of carbonyl (C=O) groups is 3.